The molecule has 0 saturated carbocycles. The third-order valence-corrected chi connectivity index (χ3v) is 3.94. The number of allylic oxidation sites excluding steroid dienone is 4. The summed E-state index contributed by atoms with van der Waals surface area (Å²) in [6.07, 6.45) is 6.60. The van der Waals surface area contributed by atoms with E-state index in [1.807, 2.05) is 26.0 Å². The third kappa shape index (κ3) is 2.19. The zero-order chi connectivity index (χ0) is 14.3. The highest BCUT2D eigenvalue weighted by Crippen LogP contribution is 2.38. The lowest BCUT2D eigenvalue weighted by atomic mass is 9.83. The molecule has 0 bridgehead atoms. The monoisotopic (exact) mass is 264 g/mol. The van der Waals surface area contributed by atoms with Crippen molar-refractivity contribution in [2.75, 3.05) is 0 Å². The second-order valence-corrected chi connectivity index (χ2v) is 6.11. The fraction of sp³-hybridized carbons (Fsp3) is 0.263. The highest BCUT2D eigenvalue weighted by Gasteiger charge is 2.25. The number of rotatable bonds is 2. The Bertz CT molecular complexity index is 714. The molecule has 0 spiro atoms. The average Bonchev–Trinajstić information content (AvgIpc) is 2.83. The van der Waals surface area contributed by atoms with Crippen LogP contribution in [0.25, 0.3) is 10.8 Å². The Morgan fingerprint density at radius 3 is 2.45 bits per heavy atom. The Hall–Kier alpha value is -1.86. The minimum absolute atomic E-state index is 0.265. The average molecular weight is 264 g/mol. The molecule has 1 atom stereocenters. The van der Waals surface area contributed by atoms with Gasteiger partial charge >= 0.3 is 0 Å². The van der Waals surface area contributed by atoms with Crippen LogP contribution < -0.4 is 0 Å². The van der Waals surface area contributed by atoms with Crippen LogP contribution in [-0.4, -0.2) is 5.11 Å². The standard InChI is InChI=1S/C19H20O/c1-13-8-9-15(12-13)17-11-10-14-6-4-5-7-16(14)18(17)19(2,3)20/h4-12,15,20H,1-3H3. The molecule has 0 amide bonds. The fourth-order valence-electron chi connectivity index (χ4n) is 3.09. The fourth-order valence-corrected chi connectivity index (χ4v) is 3.09. The Morgan fingerprint density at radius 2 is 1.80 bits per heavy atom. The van der Waals surface area contributed by atoms with E-state index in [9.17, 15) is 5.11 Å². The van der Waals surface area contributed by atoms with Gasteiger partial charge < -0.3 is 5.11 Å². The van der Waals surface area contributed by atoms with Crippen molar-refractivity contribution >= 4 is 10.8 Å². The highest BCUT2D eigenvalue weighted by molar-refractivity contribution is 5.88. The van der Waals surface area contributed by atoms with E-state index in [0.29, 0.717) is 0 Å². The lowest BCUT2D eigenvalue weighted by Gasteiger charge is -2.26. The second kappa shape index (κ2) is 4.60. The van der Waals surface area contributed by atoms with E-state index in [2.05, 4.69) is 49.4 Å². The van der Waals surface area contributed by atoms with Gasteiger partial charge in [-0.15, -0.1) is 0 Å². The lowest BCUT2D eigenvalue weighted by molar-refractivity contribution is 0.0792. The minimum Gasteiger partial charge on any atom is -0.386 e. The molecule has 1 nitrogen and oxygen atoms in total. The van der Waals surface area contributed by atoms with Crippen LogP contribution in [-0.2, 0) is 5.60 Å². The zero-order valence-electron chi connectivity index (χ0n) is 12.2. The van der Waals surface area contributed by atoms with E-state index in [0.717, 1.165) is 10.9 Å². The molecule has 3 rings (SSSR count). The summed E-state index contributed by atoms with van der Waals surface area (Å²) < 4.78 is 0. The van der Waals surface area contributed by atoms with Gasteiger partial charge in [-0.05, 0) is 42.7 Å². The molecule has 1 aliphatic rings. The molecule has 0 aliphatic heterocycles. The van der Waals surface area contributed by atoms with Gasteiger partial charge in [0.15, 0.2) is 0 Å². The summed E-state index contributed by atoms with van der Waals surface area (Å²) in [6.45, 7) is 5.85. The first-order chi connectivity index (χ1) is 9.47. The number of benzene rings is 2. The molecule has 0 radical (unpaired) electrons. The summed E-state index contributed by atoms with van der Waals surface area (Å²) in [7, 11) is 0. The Morgan fingerprint density at radius 1 is 1.05 bits per heavy atom. The summed E-state index contributed by atoms with van der Waals surface area (Å²) in [5.41, 5.74) is 2.67. The van der Waals surface area contributed by atoms with Gasteiger partial charge in [-0.25, -0.2) is 0 Å². The maximum atomic E-state index is 10.6. The summed E-state index contributed by atoms with van der Waals surface area (Å²) in [6, 6.07) is 12.6. The highest BCUT2D eigenvalue weighted by atomic mass is 16.3. The normalized spacial score (nSPS) is 18.6. The van der Waals surface area contributed by atoms with Gasteiger partial charge in [0.05, 0.1) is 5.60 Å². The largest absolute Gasteiger partial charge is 0.386 e. The van der Waals surface area contributed by atoms with E-state index in [-0.39, 0.29) is 5.92 Å². The van der Waals surface area contributed by atoms with Crippen LogP contribution in [0.5, 0.6) is 0 Å². The molecular formula is C19H20O. The second-order valence-electron chi connectivity index (χ2n) is 6.11. The maximum Gasteiger partial charge on any atom is 0.0849 e. The van der Waals surface area contributed by atoms with Crippen molar-refractivity contribution in [1.29, 1.82) is 0 Å². The van der Waals surface area contributed by atoms with Crippen molar-refractivity contribution in [2.24, 2.45) is 0 Å². The van der Waals surface area contributed by atoms with Gasteiger partial charge in [-0.3, -0.25) is 0 Å². The van der Waals surface area contributed by atoms with Crippen LogP contribution in [0.4, 0.5) is 0 Å². The van der Waals surface area contributed by atoms with Gasteiger partial charge in [0.25, 0.3) is 0 Å². The van der Waals surface area contributed by atoms with Crippen LogP contribution in [0.15, 0.2) is 60.2 Å². The summed E-state index contributed by atoms with van der Waals surface area (Å²) in [5, 5.41) is 13.0. The molecule has 0 aromatic heterocycles. The van der Waals surface area contributed by atoms with Crippen molar-refractivity contribution in [3.05, 3.63) is 71.3 Å². The zero-order valence-corrected chi connectivity index (χ0v) is 12.2. The van der Waals surface area contributed by atoms with Crippen molar-refractivity contribution in [2.45, 2.75) is 32.3 Å². The number of aliphatic hydroxyl groups is 1. The quantitative estimate of drug-likeness (QED) is 0.836. The Labute approximate surface area is 120 Å². The molecule has 1 unspecified atom stereocenters. The molecule has 0 saturated heterocycles. The molecule has 2 aromatic rings. The third-order valence-electron chi connectivity index (χ3n) is 3.94. The van der Waals surface area contributed by atoms with Crippen LogP contribution in [0.2, 0.25) is 0 Å². The SMILES string of the molecule is CC1=CC(c2ccc3ccccc3c2C(C)(C)O)C=C1. The van der Waals surface area contributed by atoms with Crippen LogP contribution in [0.3, 0.4) is 0 Å². The van der Waals surface area contributed by atoms with Gasteiger partial charge in [-0.1, -0.05) is 60.2 Å². The first-order valence-corrected chi connectivity index (χ1v) is 7.08. The molecule has 0 fully saturated rings. The van der Waals surface area contributed by atoms with E-state index >= 15 is 0 Å². The van der Waals surface area contributed by atoms with Gasteiger partial charge in [0.1, 0.15) is 0 Å². The molecule has 0 heterocycles. The molecule has 1 aliphatic carbocycles. The van der Waals surface area contributed by atoms with Gasteiger partial charge in [0, 0.05) is 5.92 Å². The molecule has 1 N–H and O–H groups in total. The van der Waals surface area contributed by atoms with Crippen LogP contribution in [0, 0.1) is 0 Å². The van der Waals surface area contributed by atoms with Crippen molar-refractivity contribution in [3.8, 4) is 0 Å². The van der Waals surface area contributed by atoms with Crippen molar-refractivity contribution in [1.82, 2.24) is 0 Å². The lowest BCUT2D eigenvalue weighted by Crippen LogP contribution is -2.19. The van der Waals surface area contributed by atoms with Crippen LogP contribution >= 0.6 is 0 Å². The van der Waals surface area contributed by atoms with Crippen molar-refractivity contribution in [3.63, 3.8) is 0 Å². The Balaban J connectivity index is 2.30. The maximum absolute atomic E-state index is 10.6. The van der Waals surface area contributed by atoms with Crippen molar-refractivity contribution < 1.29 is 5.11 Å². The molecule has 20 heavy (non-hydrogen) atoms. The molecular weight excluding hydrogens is 244 g/mol. The van der Waals surface area contributed by atoms with E-state index in [4.69, 9.17) is 0 Å². The number of hydrogen-bond acceptors (Lipinski definition) is 1. The molecule has 2 aromatic carbocycles. The van der Waals surface area contributed by atoms with E-state index in [1.165, 1.54) is 16.5 Å². The van der Waals surface area contributed by atoms with Gasteiger partial charge in [-0.2, -0.15) is 0 Å². The van der Waals surface area contributed by atoms with E-state index in [1.54, 1.807) is 0 Å². The Kier molecular flexibility index (Phi) is 3.02. The van der Waals surface area contributed by atoms with E-state index < -0.39 is 5.60 Å². The summed E-state index contributed by atoms with van der Waals surface area (Å²) in [5.74, 6) is 0.265. The predicted octanol–water partition coefficient (Wildman–Crippen LogP) is 4.67. The summed E-state index contributed by atoms with van der Waals surface area (Å²) >= 11 is 0. The molecule has 102 valence electrons. The summed E-state index contributed by atoms with van der Waals surface area (Å²) in [4.78, 5) is 0. The number of hydrogen-bond donors (Lipinski definition) is 1. The minimum atomic E-state index is -0.853. The molecule has 1 heteroatoms. The first kappa shape index (κ1) is 13.1. The predicted molar refractivity (Wildman–Crippen MR) is 84.8 cm³/mol. The smallest absolute Gasteiger partial charge is 0.0849 e. The van der Waals surface area contributed by atoms with Gasteiger partial charge in [0.2, 0.25) is 0 Å². The first-order valence-electron chi connectivity index (χ1n) is 7.08. The topological polar surface area (TPSA) is 20.2 Å². The van der Waals surface area contributed by atoms with Crippen LogP contribution in [0.1, 0.15) is 37.8 Å². The number of fused-ring (bicyclic) bond motifs is 1.